The topological polar surface area (TPSA) is 13.1 Å². The van der Waals surface area contributed by atoms with E-state index in [-0.39, 0.29) is 0 Å². The summed E-state index contributed by atoms with van der Waals surface area (Å²) in [7, 11) is 0. The second kappa shape index (κ2) is 15.3. The third-order valence-corrected chi connectivity index (χ3v) is 13.8. The summed E-state index contributed by atoms with van der Waals surface area (Å²) in [6, 6.07) is 95.5. The zero-order valence-corrected chi connectivity index (χ0v) is 36.2. The Hall–Kier alpha value is -8.66. The van der Waals surface area contributed by atoms with Crippen molar-refractivity contribution < 1.29 is 0 Å². The Morgan fingerprint density at radius 2 is 0.773 bits per heavy atom. The molecule has 0 aliphatic heterocycles. The van der Waals surface area contributed by atoms with Crippen LogP contribution in [0.2, 0.25) is 0 Å². The number of hydrogen-bond donors (Lipinski definition) is 0. The first-order chi connectivity index (χ1) is 32.8. The zero-order chi connectivity index (χ0) is 43.6. The van der Waals surface area contributed by atoms with Crippen LogP contribution in [0.15, 0.2) is 261 Å². The maximum Gasteiger partial charge on any atom is 0.0870 e. The van der Waals surface area contributed by atoms with Crippen molar-refractivity contribution in [1.82, 2.24) is 9.13 Å². The molecule has 10 aromatic carbocycles. The van der Waals surface area contributed by atoms with Crippen molar-refractivity contribution in [2.75, 3.05) is 4.90 Å². The molecule has 310 valence electrons. The molecule has 3 nitrogen and oxygen atoms in total. The van der Waals surface area contributed by atoms with Crippen LogP contribution in [0.5, 0.6) is 0 Å². The molecule has 13 rings (SSSR count). The average molecular weight is 842 g/mol. The fraction of sp³-hybridized carbons (Fsp3) is 0.0159. The van der Waals surface area contributed by atoms with Gasteiger partial charge in [0.1, 0.15) is 0 Å². The molecule has 1 aliphatic carbocycles. The first-order valence-corrected chi connectivity index (χ1v) is 22.8. The van der Waals surface area contributed by atoms with Crippen molar-refractivity contribution in [1.29, 1.82) is 0 Å². The normalized spacial score (nSPS) is 12.7. The van der Waals surface area contributed by atoms with Crippen LogP contribution in [-0.2, 0) is 5.41 Å². The summed E-state index contributed by atoms with van der Waals surface area (Å²) in [5.41, 5.74) is 18.4. The molecule has 12 aromatic rings. The summed E-state index contributed by atoms with van der Waals surface area (Å²) in [5, 5.41) is 3.66. The van der Waals surface area contributed by atoms with Gasteiger partial charge in [-0.05, 0) is 112 Å². The molecule has 3 heteroatoms. The second-order valence-corrected chi connectivity index (χ2v) is 17.3. The second-order valence-electron chi connectivity index (χ2n) is 17.3. The minimum absolute atomic E-state index is 0.624. The van der Waals surface area contributed by atoms with E-state index >= 15 is 0 Å². The molecule has 0 unspecified atom stereocenters. The summed E-state index contributed by atoms with van der Waals surface area (Å²) < 4.78 is 4.92. The highest BCUT2D eigenvalue weighted by atomic mass is 15.1. The van der Waals surface area contributed by atoms with E-state index in [4.69, 9.17) is 0 Å². The van der Waals surface area contributed by atoms with Gasteiger partial charge in [0.25, 0.3) is 0 Å². The van der Waals surface area contributed by atoms with E-state index in [1.807, 2.05) is 0 Å². The lowest BCUT2D eigenvalue weighted by molar-refractivity contribution is 0.718. The van der Waals surface area contributed by atoms with Gasteiger partial charge in [0, 0.05) is 50.2 Å². The SMILES string of the molecule is c1ccc(-c2ccc(N(c3ccc4c(c3)-c3c(n(-c5ccccc5)c5ccccc35)C4(c3ccccc3)c3ccccc3)c3ccc4c(c3)c3ccccc3n4-c3ccccc3)cc2)cc1. The smallest absolute Gasteiger partial charge is 0.0870 e. The summed E-state index contributed by atoms with van der Waals surface area (Å²) in [6.45, 7) is 0. The Kier molecular flexibility index (Phi) is 8.75. The predicted octanol–water partition coefficient (Wildman–Crippen LogP) is 16.2. The molecule has 0 radical (unpaired) electrons. The van der Waals surface area contributed by atoms with Gasteiger partial charge < -0.3 is 14.0 Å². The summed E-state index contributed by atoms with van der Waals surface area (Å²) >= 11 is 0. The Morgan fingerprint density at radius 1 is 0.318 bits per heavy atom. The summed E-state index contributed by atoms with van der Waals surface area (Å²) in [5.74, 6) is 0. The van der Waals surface area contributed by atoms with Crippen LogP contribution in [0.4, 0.5) is 17.1 Å². The molecule has 0 N–H and O–H groups in total. The van der Waals surface area contributed by atoms with Gasteiger partial charge in [0.2, 0.25) is 0 Å². The highest BCUT2D eigenvalue weighted by Gasteiger charge is 2.50. The molecular weight excluding hydrogens is 799 g/mol. The van der Waals surface area contributed by atoms with Gasteiger partial charge in [0.05, 0.1) is 27.7 Å². The minimum atomic E-state index is -0.624. The van der Waals surface area contributed by atoms with Gasteiger partial charge in [-0.3, -0.25) is 0 Å². The number of fused-ring (bicyclic) bond motifs is 8. The standard InChI is InChI=1S/C63H43N3/c1-6-20-44(21-7-1)45-34-36-50(37-35-45)64(52-39-41-60-55(42-52)53-30-16-18-32-58(53)65(60)48-26-12-4-13-27-48)51-38-40-57-56(43-51)61-54-31-17-19-33-59(54)66(49-28-14-5-15-29-49)62(61)63(57,46-22-8-2-9-23-46)47-24-10-3-11-25-47/h1-43H. The Labute approximate surface area is 384 Å². The number of para-hydroxylation sites is 4. The van der Waals surface area contributed by atoms with Crippen LogP contribution < -0.4 is 4.90 Å². The first-order valence-electron chi connectivity index (χ1n) is 22.8. The van der Waals surface area contributed by atoms with Crippen molar-refractivity contribution in [3.05, 3.63) is 283 Å². The lowest BCUT2D eigenvalue weighted by Crippen LogP contribution is -2.31. The van der Waals surface area contributed by atoms with Crippen LogP contribution in [-0.4, -0.2) is 9.13 Å². The van der Waals surface area contributed by atoms with Gasteiger partial charge >= 0.3 is 0 Å². The molecule has 0 spiro atoms. The highest BCUT2D eigenvalue weighted by molar-refractivity contribution is 6.11. The third-order valence-electron chi connectivity index (χ3n) is 13.8. The molecule has 0 saturated carbocycles. The largest absolute Gasteiger partial charge is 0.311 e. The fourth-order valence-electron chi connectivity index (χ4n) is 11.0. The minimum Gasteiger partial charge on any atom is -0.311 e. The number of rotatable bonds is 8. The van der Waals surface area contributed by atoms with E-state index in [0.717, 1.165) is 28.4 Å². The van der Waals surface area contributed by atoms with Crippen molar-refractivity contribution >= 4 is 49.8 Å². The number of hydrogen-bond acceptors (Lipinski definition) is 1. The lowest BCUT2D eigenvalue weighted by atomic mass is 9.69. The zero-order valence-electron chi connectivity index (χ0n) is 36.2. The van der Waals surface area contributed by atoms with E-state index in [9.17, 15) is 0 Å². The highest BCUT2D eigenvalue weighted by Crippen LogP contribution is 2.60. The van der Waals surface area contributed by atoms with Gasteiger partial charge in [-0.1, -0.05) is 182 Å². The monoisotopic (exact) mass is 841 g/mol. The van der Waals surface area contributed by atoms with Crippen molar-refractivity contribution in [2.24, 2.45) is 0 Å². The number of aromatic nitrogens is 2. The molecule has 2 heterocycles. The van der Waals surface area contributed by atoms with Crippen LogP contribution in [0.25, 0.3) is 66.3 Å². The van der Waals surface area contributed by atoms with Crippen LogP contribution in [0.3, 0.4) is 0 Å². The lowest BCUT2D eigenvalue weighted by Gasteiger charge is -2.35. The van der Waals surface area contributed by atoms with Crippen molar-refractivity contribution in [3.63, 3.8) is 0 Å². The molecule has 0 atom stereocenters. The third kappa shape index (κ3) is 5.70. The van der Waals surface area contributed by atoms with E-state index < -0.39 is 5.41 Å². The molecule has 0 fully saturated rings. The number of nitrogens with zero attached hydrogens (tertiary/aromatic N) is 3. The molecule has 0 amide bonds. The number of anilines is 3. The predicted molar refractivity (Wildman–Crippen MR) is 275 cm³/mol. The van der Waals surface area contributed by atoms with Crippen molar-refractivity contribution in [3.8, 4) is 33.6 Å². The van der Waals surface area contributed by atoms with Crippen LogP contribution in [0, 0.1) is 0 Å². The average Bonchev–Trinajstić information content (AvgIpc) is 4.02. The van der Waals surface area contributed by atoms with Crippen molar-refractivity contribution in [2.45, 2.75) is 5.41 Å². The molecule has 66 heavy (non-hydrogen) atoms. The molecular formula is C63H43N3. The summed E-state index contributed by atoms with van der Waals surface area (Å²) in [6.07, 6.45) is 0. The molecule has 0 bridgehead atoms. The van der Waals surface area contributed by atoms with E-state index in [2.05, 4.69) is 275 Å². The fourth-order valence-corrected chi connectivity index (χ4v) is 11.0. The Balaban J connectivity index is 1.10. The maximum absolute atomic E-state index is 2.53. The Morgan fingerprint density at radius 3 is 1.41 bits per heavy atom. The number of benzene rings is 10. The molecule has 1 aliphatic rings. The van der Waals surface area contributed by atoms with E-state index in [1.165, 1.54) is 77.3 Å². The van der Waals surface area contributed by atoms with Crippen LogP contribution >= 0.6 is 0 Å². The van der Waals surface area contributed by atoms with Gasteiger partial charge in [-0.25, -0.2) is 0 Å². The quantitative estimate of drug-likeness (QED) is 0.149. The Bertz CT molecular complexity index is 3680. The molecule has 0 saturated heterocycles. The van der Waals surface area contributed by atoms with E-state index in [1.54, 1.807) is 0 Å². The van der Waals surface area contributed by atoms with Gasteiger partial charge in [-0.15, -0.1) is 0 Å². The van der Waals surface area contributed by atoms with E-state index in [0.29, 0.717) is 0 Å². The maximum atomic E-state index is 2.53. The van der Waals surface area contributed by atoms with Crippen LogP contribution in [0.1, 0.15) is 22.4 Å². The van der Waals surface area contributed by atoms with Gasteiger partial charge in [0.15, 0.2) is 0 Å². The molecule has 2 aromatic heterocycles. The first kappa shape index (κ1) is 37.9. The van der Waals surface area contributed by atoms with Gasteiger partial charge in [-0.2, -0.15) is 0 Å². The summed E-state index contributed by atoms with van der Waals surface area (Å²) in [4.78, 5) is 2.45.